The van der Waals surface area contributed by atoms with Crippen molar-refractivity contribution in [3.63, 3.8) is 0 Å². The third-order valence-corrected chi connectivity index (χ3v) is 3.85. The van der Waals surface area contributed by atoms with E-state index >= 15 is 0 Å². The van der Waals surface area contributed by atoms with Gasteiger partial charge in [-0.1, -0.05) is 38.3 Å². The molecule has 2 rings (SSSR count). The fourth-order valence-corrected chi connectivity index (χ4v) is 2.56. The molecule has 1 heterocycles. The third-order valence-electron chi connectivity index (χ3n) is 3.85. The standard InChI is InChI=1S/C19H27N3O2/c1-4-5-6-7-11-24-17-10-8-9-16(13-17)14-20-19(23)18-12-15(2)21-22(18)3/h8-10,12-13H,4-7,11,14H2,1-3H3,(H,20,23). The lowest BCUT2D eigenvalue weighted by Crippen LogP contribution is -2.25. The molecule has 5 heteroatoms. The highest BCUT2D eigenvalue weighted by atomic mass is 16.5. The largest absolute Gasteiger partial charge is 0.494 e. The molecule has 5 nitrogen and oxygen atoms in total. The zero-order chi connectivity index (χ0) is 17.4. The van der Waals surface area contributed by atoms with Crippen LogP contribution in [0.15, 0.2) is 30.3 Å². The second-order valence-corrected chi connectivity index (χ2v) is 6.03. The molecule has 0 unspecified atom stereocenters. The predicted octanol–water partition coefficient (Wildman–Crippen LogP) is 3.62. The van der Waals surface area contributed by atoms with E-state index in [-0.39, 0.29) is 5.91 Å². The highest BCUT2D eigenvalue weighted by Gasteiger charge is 2.11. The monoisotopic (exact) mass is 329 g/mol. The van der Waals surface area contributed by atoms with Gasteiger partial charge in [0.05, 0.1) is 12.3 Å². The summed E-state index contributed by atoms with van der Waals surface area (Å²) in [6.07, 6.45) is 4.76. The SMILES string of the molecule is CCCCCCOc1cccc(CNC(=O)c2cc(C)nn2C)c1. The van der Waals surface area contributed by atoms with Crippen molar-refractivity contribution in [3.8, 4) is 5.75 Å². The molecule has 0 aliphatic heterocycles. The van der Waals surface area contributed by atoms with E-state index in [9.17, 15) is 4.79 Å². The molecule has 0 bridgehead atoms. The molecular weight excluding hydrogens is 302 g/mol. The van der Waals surface area contributed by atoms with E-state index in [0.717, 1.165) is 30.0 Å². The second-order valence-electron chi connectivity index (χ2n) is 6.03. The average Bonchev–Trinajstić information content (AvgIpc) is 2.91. The van der Waals surface area contributed by atoms with Crippen LogP contribution in [-0.2, 0) is 13.6 Å². The van der Waals surface area contributed by atoms with Crippen LogP contribution in [0.3, 0.4) is 0 Å². The molecule has 0 atom stereocenters. The number of amides is 1. The van der Waals surface area contributed by atoms with Crippen LogP contribution >= 0.6 is 0 Å². The number of unbranched alkanes of at least 4 members (excludes halogenated alkanes) is 3. The molecule has 0 radical (unpaired) electrons. The Bertz CT molecular complexity index is 664. The molecule has 2 aromatic rings. The highest BCUT2D eigenvalue weighted by Crippen LogP contribution is 2.14. The number of carbonyl (C=O) groups excluding carboxylic acids is 1. The molecule has 0 aliphatic carbocycles. The number of rotatable bonds is 9. The van der Waals surface area contributed by atoms with Crippen molar-refractivity contribution in [1.82, 2.24) is 15.1 Å². The van der Waals surface area contributed by atoms with Crippen molar-refractivity contribution in [2.24, 2.45) is 7.05 Å². The van der Waals surface area contributed by atoms with Gasteiger partial charge in [0.25, 0.3) is 5.91 Å². The Kier molecular flexibility index (Phi) is 6.85. The van der Waals surface area contributed by atoms with E-state index in [1.165, 1.54) is 19.3 Å². The molecule has 0 saturated heterocycles. The molecule has 130 valence electrons. The van der Waals surface area contributed by atoms with Crippen molar-refractivity contribution in [3.05, 3.63) is 47.3 Å². The van der Waals surface area contributed by atoms with Crippen LogP contribution in [0.4, 0.5) is 0 Å². The summed E-state index contributed by atoms with van der Waals surface area (Å²) < 4.78 is 7.38. The molecule has 0 spiro atoms. The maximum atomic E-state index is 12.2. The molecule has 1 N–H and O–H groups in total. The van der Waals surface area contributed by atoms with Crippen molar-refractivity contribution in [2.45, 2.75) is 46.1 Å². The van der Waals surface area contributed by atoms with Gasteiger partial charge in [0.1, 0.15) is 11.4 Å². The summed E-state index contributed by atoms with van der Waals surface area (Å²) in [7, 11) is 1.77. The van der Waals surface area contributed by atoms with Crippen LogP contribution in [0.1, 0.15) is 54.4 Å². The summed E-state index contributed by atoms with van der Waals surface area (Å²) in [5.74, 6) is 0.735. The summed E-state index contributed by atoms with van der Waals surface area (Å²) in [5, 5.41) is 7.12. The van der Waals surface area contributed by atoms with Crippen LogP contribution in [0.25, 0.3) is 0 Å². The lowest BCUT2D eigenvalue weighted by Gasteiger charge is -2.09. The van der Waals surface area contributed by atoms with Crippen molar-refractivity contribution >= 4 is 5.91 Å². The summed E-state index contributed by atoms with van der Waals surface area (Å²) >= 11 is 0. The zero-order valence-electron chi connectivity index (χ0n) is 14.8. The van der Waals surface area contributed by atoms with Gasteiger partial charge in [0, 0.05) is 13.6 Å². The normalized spacial score (nSPS) is 10.6. The first-order valence-electron chi connectivity index (χ1n) is 8.60. The molecule has 0 fully saturated rings. The average molecular weight is 329 g/mol. The Morgan fingerprint density at radius 1 is 1.25 bits per heavy atom. The quantitative estimate of drug-likeness (QED) is 0.715. The van der Waals surface area contributed by atoms with Crippen molar-refractivity contribution in [2.75, 3.05) is 6.61 Å². The van der Waals surface area contributed by atoms with Crippen molar-refractivity contribution < 1.29 is 9.53 Å². The number of benzene rings is 1. The Morgan fingerprint density at radius 3 is 2.79 bits per heavy atom. The van der Waals surface area contributed by atoms with E-state index in [0.29, 0.717) is 12.2 Å². The lowest BCUT2D eigenvalue weighted by atomic mass is 10.2. The van der Waals surface area contributed by atoms with Gasteiger partial charge in [-0.15, -0.1) is 0 Å². The van der Waals surface area contributed by atoms with E-state index < -0.39 is 0 Å². The van der Waals surface area contributed by atoms with Gasteiger partial charge in [-0.2, -0.15) is 5.10 Å². The first-order chi connectivity index (χ1) is 11.6. The predicted molar refractivity (Wildman–Crippen MR) is 95.2 cm³/mol. The van der Waals surface area contributed by atoms with Crippen molar-refractivity contribution in [1.29, 1.82) is 0 Å². The number of hydrogen-bond acceptors (Lipinski definition) is 3. The summed E-state index contributed by atoms with van der Waals surface area (Å²) in [6, 6.07) is 9.66. The topological polar surface area (TPSA) is 56.1 Å². The van der Waals surface area contributed by atoms with Gasteiger partial charge in [0.15, 0.2) is 0 Å². The number of aryl methyl sites for hydroxylation is 2. The number of nitrogens with zero attached hydrogens (tertiary/aromatic N) is 2. The summed E-state index contributed by atoms with van der Waals surface area (Å²) in [6.45, 7) is 5.28. The van der Waals surface area contributed by atoms with Crippen LogP contribution in [-0.4, -0.2) is 22.3 Å². The van der Waals surface area contributed by atoms with Gasteiger partial charge in [0.2, 0.25) is 0 Å². The molecule has 0 aliphatic rings. The Hall–Kier alpha value is -2.30. The van der Waals surface area contributed by atoms with Gasteiger partial charge in [-0.25, -0.2) is 0 Å². The van der Waals surface area contributed by atoms with Gasteiger partial charge >= 0.3 is 0 Å². The number of aromatic nitrogens is 2. The highest BCUT2D eigenvalue weighted by molar-refractivity contribution is 5.92. The first-order valence-corrected chi connectivity index (χ1v) is 8.60. The Balaban J connectivity index is 1.83. The summed E-state index contributed by atoms with van der Waals surface area (Å²) in [4.78, 5) is 12.2. The zero-order valence-corrected chi connectivity index (χ0v) is 14.8. The maximum Gasteiger partial charge on any atom is 0.269 e. The number of ether oxygens (including phenoxy) is 1. The smallest absolute Gasteiger partial charge is 0.269 e. The molecule has 1 amide bonds. The minimum Gasteiger partial charge on any atom is -0.494 e. The van der Waals surface area contributed by atoms with Crippen LogP contribution in [0.2, 0.25) is 0 Å². The molecule has 0 saturated carbocycles. The minimum absolute atomic E-state index is 0.121. The first kappa shape index (κ1) is 18.0. The molecule has 1 aromatic heterocycles. The van der Waals surface area contributed by atoms with E-state index in [4.69, 9.17) is 4.74 Å². The number of carbonyl (C=O) groups is 1. The van der Waals surface area contributed by atoms with E-state index in [1.54, 1.807) is 17.8 Å². The fraction of sp³-hybridized carbons (Fsp3) is 0.474. The van der Waals surface area contributed by atoms with Gasteiger partial charge < -0.3 is 10.1 Å². The Labute approximate surface area is 144 Å². The summed E-state index contributed by atoms with van der Waals surface area (Å²) in [5.41, 5.74) is 2.42. The van der Waals surface area contributed by atoms with E-state index in [2.05, 4.69) is 17.3 Å². The lowest BCUT2D eigenvalue weighted by molar-refractivity contribution is 0.0941. The number of hydrogen-bond donors (Lipinski definition) is 1. The molecule has 24 heavy (non-hydrogen) atoms. The van der Waals surface area contributed by atoms with Gasteiger partial charge in [-0.3, -0.25) is 9.48 Å². The van der Waals surface area contributed by atoms with Gasteiger partial charge in [-0.05, 0) is 37.1 Å². The Morgan fingerprint density at radius 2 is 2.08 bits per heavy atom. The fourth-order valence-electron chi connectivity index (χ4n) is 2.56. The van der Waals surface area contributed by atoms with Crippen LogP contribution in [0, 0.1) is 6.92 Å². The van der Waals surface area contributed by atoms with Crippen LogP contribution in [0.5, 0.6) is 5.75 Å². The minimum atomic E-state index is -0.121. The van der Waals surface area contributed by atoms with E-state index in [1.807, 2.05) is 31.2 Å². The maximum absolute atomic E-state index is 12.2. The molecular formula is C19H27N3O2. The third kappa shape index (κ3) is 5.41. The van der Waals surface area contributed by atoms with Crippen LogP contribution < -0.4 is 10.1 Å². The number of nitrogens with one attached hydrogen (secondary N) is 1. The molecule has 1 aromatic carbocycles. The second kappa shape index (κ2) is 9.11.